The summed E-state index contributed by atoms with van der Waals surface area (Å²) in [5.74, 6) is -0.733. The molecule has 11 heteroatoms. The van der Waals surface area contributed by atoms with Crippen molar-refractivity contribution in [2.75, 3.05) is 16.0 Å². The average Bonchev–Trinajstić information content (AvgIpc) is 3.39. The average molecular weight is 543 g/mol. The zero-order valence-corrected chi connectivity index (χ0v) is 21.7. The smallest absolute Gasteiger partial charge is 0.276 e. The van der Waals surface area contributed by atoms with Crippen molar-refractivity contribution in [2.24, 2.45) is 0 Å². The van der Waals surface area contributed by atoms with Crippen LogP contribution in [-0.4, -0.2) is 30.0 Å². The van der Waals surface area contributed by atoms with Gasteiger partial charge in [-0.2, -0.15) is 0 Å². The predicted molar refractivity (Wildman–Crippen MR) is 139 cm³/mol. The van der Waals surface area contributed by atoms with E-state index in [4.69, 9.17) is 16.0 Å². The number of carbonyl (C=O) groups excluding carboxylic acids is 1. The van der Waals surface area contributed by atoms with Crippen molar-refractivity contribution in [1.82, 2.24) is 9.97 Å². The number of amides is 1. The highest BCUT2D eigenvalue weighted by atomic mass is 35.5. The molecule has 1 N–H and O–H groups in total. The van der Waals surface area contributed by atoms with Crippen molar-refractivity contribution in [3.8, 4) is 0 Å². The van der Waals surface area contributed by atoms with Gasteiger partial charge < -0.3 is 14.6 Å². The Morgan fingerprint density at radius 1 is 1.14 bits per heavy atom. The Morgan fingerprint density at radius 2 is 1.92 bits per heavy atom. The maximum absolute atomic E-state index is 13.9. The van der Waals surface area contributed by atoms with Gasteiger partial charge in [-0.3, -0.25) is 4.79 Å². The van der Waals surface area contributed by atoms with Gasteiger partial charge in [0.05, 0.1) is 30.4 Å². The van der Waals surface area contributed by atoms with Crippen LogP contribution in [0.25, 0.3) is 0 Å². The third-order valence-electron chi connectivity index (χ3n) is 5.67. The van der Waals surface area contributed by atoms with E-state index in [2.05, 4.69) is 15.3 Å². The van der Waals surface area contributed by atoms with Gasteiger partial charge in [-0.15, -0.1) is 0 Å². The number of aromatic nitrogens is 2. The van der Waals surface area contributed by atoms with E-state index in [9.17, 15) is 17.6 Å². The Kier molecular flexibility index (Phi) is 7.89. The van der Waals surface area contributed by atoms with Gasteiger partial charge >= 0.3 is 0 Å². The highest BCUT2D eigenvalue weighted by Gasteiger charge is 2.26. The van der Waals surface area contributed by atoms with Crippen LogP contribution in [0.15, 0.2) is 76.6 Å². The first-order valence-corrected chi connectivity index (χ1v) is 13.4. The van der Waals surface area contributed by atoms with Gasteiger partial charge in [0, 0.05) is 17.3 Å². The summed E-state index contributed by atoms with van der Waals surface area (Å²) in [6.07, 6.45) is 2.80. The van der Waals surface area contributed by atoms with Crippen LogP contribution in [0.5, 0.6) is 0 Å². The molecular formula is C26H24ClFN4O4S. The van der Waals surface area contributed by atoms with Crippen LogP contribution in [0.1, 0.15) is 34.3 Å². The van der Waals surface area contributed by atoms with Gasteiger partial charge in [0.1, 0.15) is 11.6 Å². The molecule has 0 spiro atoms. The Balaban J connectivity index is 1.82. The molecule has 2 aromatic heterocycles. The van der Waals surface area contributed by atoms with Crippen LogP contribution < -0.4 is 10.2 Å². The first-order chi connectivity index (χ1) is 17.7. The van der Waals surface area contributed by atoms with E-state index < -0.39 is 26.7 Å². The lowest BCUT2D eigenvalue weighted by Gasteiger charge is -2.25. The minimum absolute atomic E-state index is 0.163. The first-order valence-electron chi connectivity index (χ1n) is 11.4. The van der Waals surface area contributed by atoms with Gasteiger partial charge in [0.15, 0.2) is 5.69 Å². The maximum atomic E-state index is 13.9. The van der Waals surface area contributed by atoms with E-state index in [0.717, 1.165) is 0 Å². The number of halogens is 2. The molecule has 0 bridgehead atoms. The molecule has 0 radical (unpaired) electrons. The van der Waals surface area contributed by atoms with Crippen LogP contribution in [0.3, 0.4) is 0 Å². The number of hydrogen-bond donors (Lipinski definition) is 1. The molecule has 37 heavy (non-hydrogen) atoms. The molecule has 0 aliphatic rings. The van der Waals surface area contributed by atoms with Crippen LogP contribution >= 0.6 is 11.6 Å². The molecule has 0 aliphatic carbocycles. The molecule has 0 unspecified atom stereocenters. The quantitative estimate of drug-likeness (QED) is 0.281. The summed E-state index contributed by atoms with van der Waals surface area (Å²) in [4.78, 5) is 23.5. The number of nitrogens with zero attached hydrogens (tertiary/aromatic N) is 3. The lowest BCUT2D eigenvalue weighted by Crippen LogP contribution is -2.28. The fourth-order valence-corrected chi connectivity index (χ4v) is 4.51. The van der Waals surface area contributed by atoms with Crippen molar-refractivity contribution < 1.29 is 22.0 Å². The molecule has 4 rings (SSSR count). The third kappa shape index (κ3) is 6.15. The van der Waals surface area contributed by atoms with Crippen LogP contribution in [-0.2, 0) is 22.9 Å². The summed E-state index contributed by atoms with van der Waals surface area (Å²) >= 11 is 6.21. The topological polar surface area (TPSA) is 105 Å². The van der Waals surface area contributed by atoms with Crippen LogP contribution in [0.2, 0.25) is 5.02 Å². The van der Waals surface area contributed by atoms with Gasteiger partial charge in [-0.25, -0.2) is 22.8 Å². The predicted octanol–water partition coefficient (Wildman–Crippen LogP) is 5.42. The number of rotatable bonds is 9. The Morgan fingerprint density at radius 3 is 2.62 bits per heavy atom. The van der Waals surface area contributed by atoms with Gasteiger partial charge in [0.2, 0.25) is 15.0 Å². The molecule has 0 atom stereocenters. The molecule has 1 amide bonds. The minimum atomic E-state index is -3.81. The second-order valence-electron chi connectivity index (χ2n) is 8.22. The Labute approximate surface area is 219 Å². The number of nitrogens with one attached hydrogen (secondary N) is 1. The highest BCUT2D eigenvalue weighted by molar-refractivity contribution is 7.91. The number of anilines is 2. The van der Waals surface area contributed by atoms with E-state index in [1.807, 2.05) is 0 Å². The Bertz CT molecular complexity index is 1530. The zero-order chi connectivity index (χ0) is 26.6. The maximum Gasteiger partial charge on any atom is 0.276 e. The standard InChI is InChI=1S/C26H24ClFN4O4S/c1-3-37(34,35)26-29-14-23(24(31-26)25(33)30-22-11-5-10-21(27)17(22)2)32(16-20-9-6-12-36-20)15-18-7-4-8-19(28)13-18/h4-14H,3,15-16H2,1-2H3,(H,30,33). The zero-order valence-electron chi connectivity index (χ0n) is 20.1. The molecular weight excluding hydrogens is 519 g/mol. The minimum Gasteiger partial charge on any atom is -0.467 e. The summed E-state index contributed by atoms with van der Waals surface area (Å²) in [7, 11) is -3.81. The molecule has 0 saturated heterocycles. The van der Waals surface area contributed by atoms with E-state index in [1.54, 1.807) is 54.3 Å². The molecule has 8 nitrogen and oxygen atoms in total. The molecule has 192 valence electrons. The monoisotopic (exact) mass is 542 g/mol. The van der Waals surface area contributed by atoms with Crippen LogP contribution in [0, 0.1) is 12.7 Å². The summed E-state index contributed by atoms with van der Waals surface area (Å²) in [6.45, 7) is 3.56. The second-order valence-corrected chi connectivity index (χ2v) is 10.8. The number of hydrogen-bond acceptors (Lipinski definition) is 7. The summed E-state index contributed by atoms with van der Waals surface area (Å²) in [5.41, 5.74) is 1.79. The van der Waals surface area contributed by atoms with Gasteiger partial charge in [-0.1, -0.05) is 36.7 Å². The van der Waals surface area contributed by atoms with Crippen molar-refractivity contribution in [1.29, 1.82) is 0 Å². The number of sulfone groups is 1. The van der Waals surface area contributed by atoms with E-state index in [1.165, 1.54) is 31.5 Å². The third-order valence-corrected chi connectivity index (χ3v) is 7.59. The Hall–Kier alpha value is -3.76. The molecule has 4 aromatic rings. The van der Waals surface area contributed by atoms with E-state index >= 15 is 0 Å². The lowest BCUT2D eigenvalue weighted by atomic mass is 10.1. The highest BCUT2D eigenvalue weighted by Crippen LogP contribution is 2.28. The van der Waals surface area contributed by atoms with Gasteiger partial charge in [0.25, 0.3) is 5.91 Å². The summed E-state index contributed by atoms with van der Waals surface area (Å²) in [5, 5.41) is 2.77. The molecule has 0 saturated carbocycles. The second kappa shape index (κ2) is 11.1. The SMILES string of the molecule is CCS(=O)(=O)c1ncc(N(Cc2cccc(F)c2)Cc2ccco2)c(C(=O)Nc2cccc(Cl)c2C)n1. The molecule has 2 heterocycles. The summed E-state index contributed by atoms with van der Waals surface area (Å²) in [6, 6.07) is 14.6. The van der Waals surface area contributed by atoms with E-state index in [-0.39, 0.29) is 30.2 Å². The number of furan rings is 1. The van der Waals surface area contributed by atoms with Crippen molar-refractivity contribution in [3.05, 3.63) is 100 Å². The van der Waals surface area contributed by atoms with Crippen molar-refractivity contribution in [3.63, 3.8) is 0 Å². The normalized spacial score (nSPS) is 11.4. The van der Waals surface area contributed by atoms with Gasteiger partial charge in [-0.05, 0) is 54.4 Å². The molecule has 2 aromatic carbocycles. The summed E-state index contributed by atoms with van der Waals surface area (Å²) < 4.78 is 44.5. The lowest BCUT2D eigenvalue weighted by molar-refractivity contribution is 0.102. The van der Waals surface area contributed by atoms with E-state index in [0.29, 0.717) is 27.6 Å². The molecule has 0 fully saturated rings. The fraction of sp³-hybridized carbons (Fsp3) is 0.192. The molecule has 0 aliphatic heterocycles. The number of benzene rings is 2. The van der Waals surface area contributed by atoms with Crippen molar-refractivity contribution >= 4 is 38.7 Å². The van der Waals surface area contributed by atoms with Crippen LogP contribution in [0.4, 0.5) is 15.8 Å². The number of carbonyl (C=O) groups is 1. The first kappa shape index (κ1) is 26.3. The fourth-order valence-electron chi connectivity index (χ4n) is 3.63. The van der Waals surface area contributed by atoms with Crippen molar-refractivity contribution in [2.45, 2.75) is 32.1 Å². The largest absolute Gasteiger partial charge is 0.467 e.